The van der Waals surface area contributed by atoms with Crippen molar-refractivity contribution in [3.05, 3.63) is 42.0 Å². The van der Waals surface area contributed by atoms with Crippen molar-refractivity contribution in [3.8, 4) is 0 Å². The number of benzene rings is 1. The van der Waals surface area contributed by atoms with Crippen molar-refractivity contribution in [1.29, 1.82) is 0 Å². The Morgan fingerprint density at radius 2 is 1.24 bits per heavy atom. The van der Waals surface area contributed by atoms with Gasteiger partial charge in [-0.15, -0.1) is 0 Å². The molecule has 1 aromatic rings. The zero-order chi connectivity index (χ0) is 16.5. The van der Waals surface area contributed by atoms with Crippen molar-refractivity contribution in [2.75, 3.05) is 5.32 Å². The van der Waals surface area contributed by atoms with E-state index in [1.54, 1.807) is 0 Å². The molecule has 0 radical (unpaired) electrons. The Morgan fingerprint density at radius 3 is 1.48 bits per heavy atom. The lowest BCUT2D eigenvalue weighted by atomic mass is 10.1. The van der Waals surface area contributed by atoms with Gasteiger partial charge < -0.3 is 5.73 Å². The summed E-state index contributed by atoms with van der Waals surface area (Å²) in [5.74, 6) is -4.59. The van der Waals surface area contributed by atoms with Gasteiger partial charge in [-0.2, -0.15) is 8.78 Å². The summed E-state index contributed by atoms with van der Waals surface area (Å²) in [4.78, 5) is 37.6. The summed E-state index contributed by atoms with van der Waals surface area (Å²) in [6, 6.07) is -1.60. The monoisotopic (exact) mass is 307 g/mol. The van der Waals surface area contributed by atoms with Gasteiger partial charge in [0.25, 0.3) is 11.6 Å². The van der Waals surface area contributed by atoms with E-state index in [9.17, 15) is 43.9 Å². The first-order chi connectivity index (χ1) is 9.59. The van der Waals surface area contributed by atoms with Crippen LogP contribution in [0.25, 0.3) is 0 Å². The molecule has 0 fully saturated rings. The number of halogens is 2. The number of nitro groups is 3. The van der Waals surface area contributed by atoms with Crippen LogP contribution in [0.3, 0.4) is 0 Å². The third-order valence-electron chi connectivity index (χ3n) is 2.10. The molecule has 0 aliphatic heterocycles. The topological polar surface area (TPSA) is 185 Å². The molecule has 0 heterocycles. The summed E-state index contributed by atoms with van der Waals surface area (Å²) in [5, 5.41) is 33.2. The third-order valence-corrected chi connectivity index (χ3v) is 2.10. The van der Waals surface area contributed by atoms with Crippen LogP contribution in [0.1, 0.15) is 0 Å². The highest BCUT2D eigenvalue weighted by atomic mass is 19.1. The van der Waals surface area contributed by atoms with Gasteiger partial charge in [-0.3, -0.25) is 35.7 Å². The molecular formula is C7H3F2N5O7. The summed E-state index contributed by atoms with van der Waals surface area (Å²) in [7, 11) is 0. The molecule has 21 heavy (non-hydrogen) atoms. The Kier molecular flexibility index (Phi) is 3.92. The van der Waals surface area contributed by atoms with E-state index in [0.717, 1.165) is 0 Å². The molecule has 0 atom stereocenters. The summed E-state index contributed by atoms with van der Waals surface area (Å²) < 4.78 is 27.3. The second-order valence-corrected chi connectivity index (χ2v) is 3.31. The summed E-state index contributed by atoms with van der Waals surface area (Å²) >= 11 is 0. The lowest BCUT2D eigenvalue weighted by molar-refractivity contribution is -0.409. The van der Waals surface area contributed by atoms with Crippen LogP contribution < -0.4 is 11.1 Å². The number of carbonyl (C=O) groups excluding carboxylic acids is 1. The van der Waals surface area contributed by atoms with Crippen LogP contribution in [0.4, 0.5) is 36.3 Å². The Labute approximate surface area is 111 Å². The lowest BCUT2D eigenvalue weighted by Gasteiger charge is -2.06. The Bertz CT molecular complexity index is 649. The van der Waals surface area contributed by atoms with E-state index in [4.69, 9.17) is 0 Å². The fourth-order valence-corrected chi connectivity index (χ4v) is 1.40. The van der Waals surface area contributed by atoms with Crippen LogP contribution in [-0.4, -0.2) is 20.8 Å². The van der Waals surface area contributed by atoms with Gasteiger partial charge >= 0.3 is 23.1 Å². The Morgan fingerprint density at radius 1 is 0.905 bits per heavy atom. The summed E-state index contributed by atoms with van der Waals surface area (Å²) in [6.07, 6.45) is 0. The first kappa shape index (κ1) is 15.6. The van der Waals surface area contributed by atoms with Crippen molar-refractivity contribution in [2.24, 2.45) is 5.73 Å². The number of carbonyl (C=O) groups is 1. The molecule has 0 saturated heterocycles. The zero-order valence-corrected chi connectivity index (χ0v) is 9.53. The second kappa shape index (κ2) is 5.27. The Hall–Kier alpha value is -3.45. The second-order valence-electron chi connectivity index (χ2n) is 3.31. The molecule has 0 aliphatic carbocycles. The maximum absolute atomic E-state index is 13.7. The molecule has 0 aliphatic rings. The minimum Gasteiger partial charge on any atom is -0.351 e. The number of rotatable bonds is 4. The highest BCUT2D eigenvalue weighted by Crippen LogP contribution is 2.44. The van der Waals surface area contributed by atoms with Gasteiger partial charge in [0.2, 0.25) is 5.69 Å². The first-order valence-corrected chi connectivity index (χ1v) is 4.64. The molecule has 1 aromatic carbocycles. The average Bonchev–Trinajstić information content (AvgIpc) is 2.25. The van der Waals surface area contributed by atoms with E-state index in [0.29, 0.717) is 0 Å². The van der Waals surface area contributed by atoms with E-state index in [-0.39, 0.29) is 0 Å². The molecule has 2 amide bonds. The number of nitrogens with one attached hydrogen (secondary N) is 1. The van der Waals surface area contributed by atoms with Gasteiger partial charge in [-0.1, -0.05) is 0 Å². The molecule has 3 N–H and O–H groups in total. The summed E-state index contributed by atoms with van der Waals surface area (Å²) in [6.45, 7) is 0. The number of nitro benzene ring substituents is 3. The normalized spacial score (nSPS) is 10.0. The van der Waals surface area contributed by atoms with E-state index >= 15 is 0 Å². The largest absolute Gasteiger partial charge is 0.354 e. The van der Waals surface area contributed by atoms with Crippen molar-refractivity contribution >= 4 is 28.8 Å². The molecule has 14 heteroatoms. The maximum atomic E-state index is 13.7. The molecule has 0 saturated carbocycles. The number of amides is 2. The van der Waals surface area contributed by atoms with Crippen LogP contribution in [0, 0.1) is 42.0 Å². The molecule has 0 aromatic heterocycles. The number of nitrogens with two attached hydrogens (primary N) is 1. The van der Waals surface area contributed by atoms with Gasteiger partial charge in [-0.05, 0) is 0 Å². The number of nitrogens with zero attached hydrogens (tertiary/aromatic N) is 3. The van der Waals surface area contributed by atoms with Gasteiger partial charge in [-0.25, -0.2) is 4.79 Å². The van der Waals surface area contributed by atoms with Crippen molar-refractivity contribution in [2.45, 2.75) is 0 Å². The molecule has 0 spiro atoms. The fraction of sp³-hybridized carbons (Fsp3) is 0. The van der Waals surface area contributed by atoms with Crippen LogP contribution in [-0.2, 0) is 0 Å². The maximum Gasteiger partial charge on any atom is 0.354 e. The van der Waals surface area contributed by atoms with Crippen LogP contribution in [0.2, 0.25) is 0 Å². The van der Waals surface area contributed by atoms with Gasteiger partial charge in [0.15, 0.2) is 0 Å². The number of primary amides is 1. The van der Waals surface area contributed by atoms with Crippen molar-refractivity contribution in [3.63, 3.8) is 0 Å². The van der Waals surface area contributed by atoms with Crippen LogP contribution >= 0.6 is 0 Å². The van der Waals surface area contributed by atoms with E-state index in [1.807, 2.05) is 0 Å². The SMILES string of the molecule is NC(=O)Nc1c([N+](=O)[O-])c(F)c([N+](=O)[O-])c(F)c1[N+](=O)[O-]. The lowest BCUT2D eigenvalue weighted by Crippen LogP contribution is -2.22. The average molecular weight is 307 g/mol. The molecule has 0 bridgehead atoms. The van der Waals surface area contributed by atoms with Gasteiger partial charge in [0.05, 0.1) is 14.8 Å². The minimum absolute atomic E-state index is 1.31. The molecular weight excluding hydrogens is 304 g/mol. The molecule has 0 unspecified atom stereocenters. The van der Waals surface area contributed by atoms with Crippen LogP contribution in [0.15, 0.2) is 0 Å². The molecule has 12 nitrogen and oxygen atoms in total. The number of urea groups is 1. The minimum atomic E-state index is -2.29. The Balaban J connectivity index is 4.00. The quantitative estimate of drug-likeness (QED) is 0.617. The standard InChI is InChI=1S/C7H3F2N5O7/c8-1-4(12(16)17)2(9)6(14(20)21)3(11-7(10)15)5(1)13(18)19/h(H3,10,11,15). The fourth-order valence-electron chi connectivity index (χ4n) is 1.40. The third kappa shape index (κ3) is 2.62. The van der Waals surface area contributed by atoms with E-state index in [2.05, 4.69) is 5.73 Å². The number of anilines is 1. The van der Waals surface area contributed by atoms with Crippen LogP contribution in [0.5, 0.6) is 0 Å². The molecule has 112 valence electrons. The first-order valence-electron chi connectivity index (χ1n) is 4.64. The van der Waals surface area contributed by atoms with E-state index < -0.39 is 55.2 Å². The van der Waals surface area contributed by atoms with Gasteiger partial charge in [0.1, 0.15) is 0 Å². The summed E-state index contributed by atoms with van der Waals surface area (Å²) in [5.41, 5.74) is -2.74. The zero-order valence-electron chi connectivity index (χ0n) is 9.53. The van der Waals surface area contributed by atoms with Crippen molar-refractivity contribution in [1.82, 2.24) is 0 Å². The van der Waals surface area contributed by atoms with E-state index in [1.165, 1.54) is 5.32 Å². The highest BCUT2D eigenvalue weighted by molar-refractivity contribution is 5.95. The van der Waals surface area contributed by atoms with Gasteiger partial charge in [0, 0.05) is 0 Å². The predicted molar refractivity (Wildman–Crippen MR) is 59.5 cm³/mol. The number of hydrogen-bond donors (Lipinski definition) is 2. The predicted octanol–water partition coefficient (Wildman–Crippen LogP) is 1.18. The smallest absolute Gasteiger partial charge is 0.351 e. The van der Waals surface area contributed by atoms with Crippen molar-refractivity contribution < 1.29 is 28.3 Å². The number of hydrogen-bond acceptors (Lipinski definition) is 7. The molecule has 1 rings (SSSR count). The highest BCUT2D eigenvalue weighted by Gasteiger charge is 2.44.